The zero-order valence-electron chi connectivity index (χ0n) is 12.1. The van der Waals surface area contributed by atoms with Gasteiger partial charge in [-0.3, -0.25) is 0 Å². The van der Waals surface area contributed by atoms with Gasteiger partial charge in [-0.15, -0.1) is 0 Å². The molecule has 0 saturated heterocycles. The van der Waals surface area contributed by atoms with Gasteiger partial charge in [0.1, 0.15) is 0 Å². The van der Waals surface area contributed by atoms with Crippen LogP contribution >= 0.6 is 15.9 Å². The van der Waals surface area contributed by atoms with E-state index >= 15 is 0 Å². The molecule has 0 amide bonds. The molecule has 0 heterocycles. The highest BCUT2D eigenvalue weighted by atomic mass is 79.9. The number of anilines is 1. The summed E-state index contributed by atoms with van der Waals surface area (Å²) < 4.78 is 1.18. The molecular weight excluding hydrogens is 288 g/mol. The van der Waals surface area contributed by atoms with Crippen molar-refractivity contribution in [2.24, 2.45) is 5.92 Å². The lowest BCUT2D eigenvalue weighted by molar-refractivity contribution is 0.617. The van der Waals surface area contributed by atoms with Gasteiger partial charge in [0, 0.05) is 23.6 Å². The largest absolute Gasteiger partial charge is 0.371 e. The van der Waals surface area contributed by atoms with Gasteiger partial charge < -0.3 is 10.2 Å². The molecule has 3 heteroatoms. The molecule has 1 atom stereocenters. The first-order valence-corrected chi connectivity index (χ1v) is 7.50. The maximum Gasteiger partial charge on any atom is 0.0510 e. The molecule has 0 aromatic heterocycles. The quantitative estimate of drug-likeness (QED) is 0.846. The summed E-state index contributed by atoms with van der Waals surface area (Å²) in [6.07, 6.45) is 0. The summed E-state index contributed by atoms with van der Waals surface area (Å²) in [5.41, 5.74) is 2.60. The predicted octanol–water partition coefficient (Wildman–Crippen LogP) is 4.21. The van der Waals surface area contributed by atoms with E-state index in [0.717, 1.165) is 13.1 Å². The first-order valence-electron chi connectivity index (χ1n) is 6.71. The summed E-state index contributed by atoms with van der Waals surface area (Å²) in [6, 6.07) is 7.04. The van der Waals surface area contributed by atoms with Crippen LogP contribution in [0.4, 0.5) is 5.69 Å². The highest BCUT2D eigenvalue weighted by Crippen LogP contribution is 2.29. The smallest absolute Gasteiger partial charge is 0.0510 e. The van der Waals surface area contributed by atoms with Crippen LogP contribution in [0, 0.1) is 5.92 Å². The molecule has 0 aliphatic rings. The Morgan fingerprint density at radius 3 is 2.39 bits per heavy atom. The van der Waals surface area contributed by atoms with Gasteiger partial charge in [-0.25, -0.2) is 0 Å². The summed E-state index contributed by atoms with van der Waals surface area (Å²) >= 11 is 3.71. The minimum Gasteiger partial charge on any atom is -0.371 e. The Hall–Kier alpha value is -0.540. The minimum absolute atomic E-state index is 0.385. The second-order valence-corrected chi connectivity index (χ2v) is 6.01. The molecule has 0 radical (unpaired) electrons. The van der Waals surface area contributed by atoms with Crippen molar-refractivity contribution in [1.29, 1.82) is 0 Å². The molecule has 1 aromatic rings. The van der Waals surface area contributed by atoms with E-state index in [1.54, 1.807) is 0 Å². The molecule has 0 aliphatic heterocycles. The van der Waals surface area contributed by atoms with Crippen LogP contribution in [0.25, 0.3) is 0 Å². The van der Waals surface area contributed by atoms with Crippen molar-refractivity contribution >= 4 is 21.6 Å². The number of benzene rings is 1. The Kier molecular flexibility index (Phi) is 6.16. The fourth-order valence-corrected chi connectivity index (χ4v) is 2.70. The van der Waals surface area contributed by atoms with Crippen LogP contribution in [-0.4, -0.2) is 20.1 Å². The fourth-order valence-electron chi connectivity index (χ4n) is 2.05. The van der Waals surface area contributed by atoms with Crippen molar-refractivity contribution < 1.29 is 0 Å². The van der Waals surface area contributed by atoms with Crippen molar-refractivity contribution in [3.63, 3.8) is 0 Å². The number of rotatable bonds is 6. The van der Waals surface area contributed by atoms with E-state index in [4.69, 9.17) is 0 Å². The molecule has 0 saturated carbocycles. The topological polar surface area (TPSA) is 15.3 Å². The maximum atomic E-state index is 3.71. The SMILES string of the molecule is CCN(CC(C)C)c1ccc(C(C)NC)cc1Br. The van der Waals surface area contributed by atoms with Crippen molar-refractivity contribution in [3.05, 3.63) is 28.2 Å². The zero-order valence-corrected chi connectivity index (χ0v) is 13.7. The highest BCUT2D eigenvalue weighted by Gasteiger charge is 2.12. The first-order chi connectivity index (χ1) is 8.49. The third-order valence-corrected chi connectivity index (χ3v) is 3.85. The van der Waals surface area contributed by atoms with Crippen LogP contribution in [0.2, 0.25) is 0 Å². The van der Waals surface area contributed by atoms with Crippen molar-refractivity contribution in [2.75, 3.05) is 25.0 Å². The number of hydrogen-bond acceptors (Lipinski definition) is 2. The van der Waals surface area contributed by atoms with Crippen LogP contribution in [0.1, 0.15) is 39.3 Å². The van der Waals surface area contributed by atoms with E-state index in [1.165, 1.54) is 15.7 Å². The van der Waals surface area contributed by atoms with Crippen LogP contribution in [0.3, 0.4) is 0 Å². The monoisotopic (exact) mass is 312 g/mol. The minimum atomic E-state index is 0.385. The lowest BCUT2D eigenvalue weighted by Crippen LogP contribution is -2.27. The summed E-state index contributed by atoms with van der Waals surface area (Å²) in [4.78, 5) is 2.42. The summed E-state index contributed by atoms with van der Waals surface area (Å²) in [6.45, 7) is 11.0. The maximum absolute atomic E-state index is 3.71. The van der Waals surface area contributed by atoms with Crippen molar-refractivity contribution in [3.8, 4) is 0 Å². The molecule has 0 fully saturated rings. The molecule has 1 unspecified atom stereocenters. The Morgan fingerprint density at radius 1 is 1.28 bits per heavy atom. The van der Waals surface area contributed by atoms with Gasteiger partial charge in [-0.05, 0) is 60.4 Å². The van der Waals surface area contributed by atoms with E-state index in [-0.39, 0.29) is 0 Å². The number of nitrogens with one attached hydrogen (secondary N) is 1. The third-order valence-electron chi connectivity index (χ3n) is 3.21. The van der Waals surface area contributed by atoms with E-state index in [9.17, 15) is 0 Å². The number of halogens is 1. The van der Waals surface area contributed by atoms with Crippen molar-refractivity contribution in [2.45, 2.75) is 33.7 Å². The molecule has 0 bridgehead atoms. The normalized spacial score (nSPS) is 12.8. The standard InChI is InChI=1S/C15H25BrN2/c1-6-18(10-11(2)3)15-8-7-13(9-14(15)16)12(4)17-5/h7-9,11-12,17H,6,10H2,1-5H3. The summed E-state index contributed by atoms with van der Waals surface area (Å²) in [5.74, 6) is 0.674. The van der Waals surface area contributed by atoms with Crippen LogP contribution in [0.5, 0.6) is 0 Å². The molecular formula is C15H25BrN2. The predicted molar refractivity (Wildman–Crippen MR) is 84.3 cm³/mol. The second kappa shape index (κ2) is 7.15. The van der Waals surface area contributed by atoms with Crippen LogP contribution in [-0.2, 0) is 0 Å². The third kappa shape index (κ3) is 3.99. The number of hydrogen-bond donors (Lipinski definition) is 1. The Labute approximate surface area is 120 Å². The van der Waals surface area contributed by atoms with Gasteiger partial charge in [0.2, 0.25) is 0 Å². The van der Waals surface area contributed by atoms with Crippen LogP contribution in [0.15, 0.2) is 22.7 Å². The molecule has 0 aliphatic carbocycles. The van der Waals surface area contributed by atoms with Gasteiger partial charge >= 0.3 is 0 Å². The van der Waals surface area contributed by atoms with E-state index in [2.05, 4.69) is 72.0 Å². The van der Waals surface area contributed by atoms with E-state index in [1.807, 2.05) is 7.05 Å². The summed E-state index contributed by atoms with van der Waals surface area (Å²) in [7, 11) is 1.99. The Balaban J connectivity index is 2.96. The highest BCUT2D eigenvalue weighted by molar-refractivity contribution is 9.10. The fraction of sp³-hybridized carbons (Fsp3) is 0.600. The van der Waals surface area contributed by atoms with Gasteiger partial charge in [-0.2, -0.15) is 0 Å². The molecule has 2 nitrogen and oxygen atoms in total. The number of nitrogens with zero attached hydrogens (tertiary/aromatic N) is 1. The molecule has 0 spiro atoms. The summed E-state index contributed by atoms with van der Waals surface area (Å²) in [5, 5.41) is 3.27. The molecule has 102 valence electrons. The lowest BCUT2D eigenvalue weighted by atomic mass is 10.1. The molecule has 18 heavy (non-hydrogen) atoms. The van der Waals surface area contributed by atoms with Gasteiger partial charge in [0.15, 0.2) is 0 Å². The molecule has 1 aromatic carbocycles. The Morgan fingerprint density at radius 2 is 1.94 bits per heavy atom. The van der Waals surface area contributed by atoms with Crippen molar-refractivity contribution in [1.82, 2.24) is 5.32 Å². The van der Waals surface area contributed by atoms with E-state index < -0.39 is 0 Å². The first kappa shape index (κ1) is 15.5. The zero-order chi connectivity index (χ0) is 13.7. The van der Waals surface area contributed by atoms with Gasteiger partial charge in [0.05, 0.1) is 5.69 Å². The van der Waals surface area contributed by atoms with Gasteiger partial charge in [0.25, 0.3) is 0 Å². The van der Waals surface area contributed by atoms with E-state index in [0.29, 0.717) is 12.0 Å². The Bertz CT molecular complexity index is 377. The molecule has 1 N–H and O–H groups in total. The molecule has 1 rings (SSSR count). The average Bonchev–Trinajstić information content (AvgIpc) is 2.35. The lowest BCUT2D eigenvalue weighted by Gasteiger charge is -2.27. The second-order valence-electron chi connectivity index (χ2n) is 5.15. The van der Waals surface area contributed by atoms with Crippen LogP contribution < -0.4 is 10.2 Å². The average molecular weight is 313 g/mol. The van der Waals surface area contributed by atoms with Gasteiger partial charge in [-0.1, -0.05) is 19.9 Å².